The van der Waals surface area contributed by atoms with Crippen LogP contribution in [-0.4, -0.2) is 11.7 Å². The van der Waals surface area contributed by atoms with Crippen molar-refractivity contribution in [1.82, 2.24) is 0 Å². The zero-order valence-electron chi connectivity index (χ0n) is 8.63. The van der Waals surface area contributed by atoms with Crippen LogP contribution >= 0.6 is 24.0 Å². The van der Waals surface area contributed by atoms with Gasteiger partial charge in [-0.2, -0.15) is 0 Å². The van der Waals surface area contributed by atoms with Gasteiger partial charge in [0.05, 0.1) is 0 Å². The molecule has 1 aromatic carbocycles. The molecule has 0 saturated heterocycles. The summed E-state index contributed by atoms with van der Waals surface area (Å²) in [5.74, 6) is 0.587. The Hall–Kier alpha value is -0.730. The van der Waals surface area contributed by atoms with Gasteiger partial charge in [0.1, 0.15) is 0 Å². The van der Waals surface area contributed by atoms with Gasteiger partial charge < -0.3 is 5.73 Å². The highest BCUT2D eigenvalue weighted by molar-refractivity contribution is 6.18. The molecule has 0 bridgehead atoms. The second kappa shape index (κ2) is 6.70. The average molecular weight is 248 g/mol. The van der Waals surface area contributed by atoms with E-state index in [4.69, 9.17) is 17.3 Å². The largest absolute Gasteiger partial charge is 0.398 e. The maximum atomic E-state index is 11.6. The summed E-state index contributed by atoms with van der Waals surface area (Å²) in [5.41, 5.74) is 7.96. The number of rotatable bonds is 4. The van der Waals surface area contributed by atoms with E-state index in [2.05, 4.69) is 0 Å². The summed E-state index contributed by atoms with van der Waals surface area (Å²) in [7, 11) is 0. The number of halogens is 2. The van der Waals surface area contributed by atoms with E-state index < -0.39 is 0 Å². The molecular weight excluding hydrogens is 233 g/mol. The fraction of sp³-hybridized carbons (Fsp3) is 0.364. The molecule has 0 aliphatic rings. The molecule has 2 N–H and O–H groups in total. The zero-order valence-corrected chi connectivity index (χ0v) is 10.2. The SMILES string of the molecule is Cc1cccc(C(=O)CCCCl)c1N.Cl. The van der Waals surface area contributed by atoms with Crippen LogP contribution in [0.3, 0.4) is 0 Å². The number of hydrogen-bond donors (Lipinski definition) is 1. The van der Waals surface area contributed by atoms with E-state index in [-0.39, 0.29) is 18.2 Å². The molecule has 0 heterocycles. The van der Waals surface area contributed by atoms with Gasteiger partial charge in [0, 0.05) is 23.6 Å². The summed E-state index contributed by atoms with van der Waals surface area (Å²) in [4.78, 5) is 11.6. The fourth-order valence-electron chi connectivity index (χ4n) is 1.29. The van der Waals surface area contributed by atoms with E-state index >= 15 is 0 Å². The highest BCUT2D eigenvalue weighted by Gasteiger charge is 2.09. The predicted octanol–water partition coefficient (Wildman–Crippen LogP) is 3.20. The minimum atomic E-state index is 0. The first-order valence-electron chi connectivity index (χ1n) is 4.61. The van der Waals surface area contributed by atoms with E-state index in [0.717, 1.165) is 5.56 Å². The molecule has 0 atom stereocenters. The lowest BCUT2D eigenvalue weighted by Gasteiger charge is -2.06. The molecule has 84 valence electrons. The second-order valence-corrected chi connectivity index (χ2v) is 3.63. The number of aryl methyl sites for hydroxylation is 1. The maximum Gasteiger partial charge on any atom is 0.164 e. The summed E-state index contributed by atoms with van der Waals surface area (Å²) >= 11 is 5.52. The summed E-state index contributed by atoms with van der Waals surface area (Å²) in [5, 5.41) is 0. The van der Waals surface area contributed by atoms with Gasteiger partial charge in [-0.3, -0.25) is 4.79 Å². The molecule has 0 radical (unpaired) electrons. The Morgan fingerprint density at radius 1 is 1.47 bits per heavy atom. The van der Waals surface area contributed by atoms with E-state index in [9.17, 15) is 4.79 Å². The summed E-state index contributed by atoms with van der Waals surface area (Å²) in [6.07, 6.45) is 1.17. The molecule has 0 aromatic heterocycles. The van der Waals surface area contributed by atoms with E-state index in [1.165, 1.54) is 0 Å². The number of nitrogens with two attached hydrogens (primary N) is 1. The average Bonchev–Trinajstić information content (AvgIpc) is 2.18. The molecule has 0 amide bonds. The van der Waals surface area contributed by atoms with Crippen LogP contribution in [0.25, 0.3) is 0 Å². The minimum absolute atomic E-state index is 0. The van der Waals surface area contributed by atoms with Gasteiger partial charge in [0.25, 0.3) is 0 Å². The number of nitrogen functional groups attached to an aromatic ring is 1. The minimum Gasteiger partial charge on any atom is -0.398 e. The van der Waals surface area contributed by atoms with Crippen molar-refractivity contribution in [2.45, 2.75) is 19.8 Å². The summed E-state index contributed by atoms with van der Waals surface area (Å²) in [6, 6.07) is 5.51. The normalized spacial score (nSPS) is 9.47. The van der Waals surface area contributed by atoms with Crippen molar-refractivity contribution in [3.05, 3.63) is 29.3 Å². The second-order valence-electron chi connectivity index (χ2n) is 3.25. The Labute approximate surface area is 101 Å². The van der Waals surface area contributed by atoms with Crippen LogP contribution in [0.4, 0.5) is 5.69 Å². The predicted molar refractivity (Wildman–Crippen MR) is 67.1 cm³/mol. The van der Waals surface area contributed by atoms with Crippen molar-refractivity contribution >= 4 is 35.5 Å². The zero-order chi connectivity index (χ0) is 10.6. The molecule has 15 heavy (non-hydrogen) atoms. The molecule has 1 aromatic rings. The van der Waals surface area contributed by atoms with Gasteiger partial charge in [0.15, 0.2) is 5.78 Å². The lowest BCUT2D eigenvalue weighted by Crippen LogP contribution is -2.05. The van der Waals surface area contributed by atoms with Crippen LogP contribution in [0, 0.1) is 6.92 Å². The molecule has 0 aliphatic carbocycles. The Kier molecular flexibility index (Phi) is 6.37. The van der Waals surface area contributed by atoms with Crippen molar-refractivity contribution in [1.29, 1.82) is 0 Å². The van der Waals surface area contributed by atoms with Crippen LogP contribution < -0.4 is 5.73 Å². The van der Waals surface area contributed by atoms with Crippen LogP contribution in [0.2, 0.25) is 0 Å². The van der Waals surface area contributed by atoms with Gasteiger partial charge >= 0.3 is 0 Å². The van der Waals surface area contributed by atoms with Gasteiger partial charge in [-0.25, -0.2) is 0 Å². The van der Waals surface area contributed by atoms with E-state index in [0.29, 0.717) is 30.0 Å². The number of carbonyl (C=O) groups excluding carboxylic acids is 1. The molecule has 0 aliphatic heterocycles. The number of Topliss-reactive ketones (excluding diaryl/α,β-unsaturated/α-hetero) is 1. The first kappa shape index (κ1) is 14.3. The van der Waals surface area contributed by atoms with Crippen molar-refractivity contribution < 1.29 is 4.79 Å². The highest BCUT2D eigenvalue weighted by atomic mass is 35.5. The van der Waals surface area contributed by atoms with Crippen molar-refractivity contribution in [3.63, 3.8) is 0 Å². The Morgan fingerprint density at radius 2 is 2.13 bits per heavy atom. The number of anilines is 1. The molecular formula is C11H15Cl2NO. The van der Waals surface area contributed by atoms with Crippen molar-refractivity contribution in [2.24, 2.45) is 0 Å². The topological polar surface area (TPSA) is 43.1 Å². The Morgan fingerprint density at radius 3 is 2.73 bits per heavy atom. The quantitative estimate of drug-likeness (QED) is 0.505. The van der Waals surface area contributed by atoms with E-state index in [1.807, 2.05) is 19.1 Å². The number of carbonyl (C=O) groups is 1. The molecule has 0 spiro atoms. The first-order chi connectivity index (χ1) is 6.66. The van der Waals surface area contributed by atoms with Gasteiger partial charge in [-0.15, -0.1) is 24.0 Å². The van der Waals surface area contributed by atoms with Gasteiger partial charge in [-0.05, 0) is 25.0 Å². The molecule has 1 rings (SSSR count). The third kappa shape index (κ3) is 3.73. The van der Waals surface area contributed by atoms with Gasteiger partial charge in [0.2, 0.25) is 0 Å². The molecule has 2 nitrogen and oxygen atoms in total. The number of benzene rings is 1. The third-order valence-corrected chi connectivity index (χ3v) is 2.43. The smallest absolute Gasteiger partial charge is 0.164 e. The molecule has 4 heteroatoms. The van der Waals surface area contributed by atoms with Crippen LogP contribution in [-0.2, 0) is 0 Å². The fourth-order valence-corrected chi connectivity index (χ4v) is 1.42. The maximum absolute atomic E-state index is 11.6. The lowest BCUT2D eigenvalue weighted by molar-refractivity contribution is 0.0983. The highest BCUT2D eigenvalue weighted by Crippen LogP contribution is 2.18. The summed E-state index contributed by atoms with van der Waals surface area (Å²) < 4.78 is 0. The first-order valence-corrected chi connectivity index (χ1v) is 5.14. The number of para-hydroxylation sites is 1. The van der Waals surface area contributed by atoms with Crippen molar-refractivity contribution in [3.8, 4) is 0 Å². The monoisotopic (exact) mass is 247 g/mol. The lowest BCUT2D eigenvalue weighted by atomic mass is 10.0. The number of alkyl halides is 1. The summed E-state index contributed by atoms with van der Waals surface area (Å²) in [6.45, 7) is 1.90. The van der Waals surface area contributed by atoms with Gasteiger partial charge in [-0.1, -0.05) is 12.1 Å². The Bertz CT molecular complexity index is 339. The molecule has 0 unspecified atom stereocenters. The van der Waals surface area contributed by atoms with E-state index in [1.54, 1.807) is 6.07 Å². The van der Waals surface area contributed by atoms with Crippen molar-refractivity contribution in [2.75, 3.05) is 11.6 Å². The number of ketones is 1. The van der Waals surface area contributed by atoms with Crippen LogP contribution in [0.15, 0.2) is 18.2 Å². The van der Waals surface area contributed by atoms with Crippen LogP contribution in [0.1, 0.15) is 28.8 Å². The molecule has 0 saturated carbocycles. The molecule has 0 fully saturated rings. The Balaban J connectivity index is 0.00000196. The third-order valence-electron chi connectivity index (χ3n) is 2.16. The number of hydrogen-bond acceptors (Lipinski definition) is 2. The van der Waals surface area contributed by atoms with Crippen LogP contribution in [0.5, 0.6) is 0 Å². The standard InChI is InChI=1S/C11H14ClNO.ClH/c1-8-4-2-5-9(11(8)13)10(14)6-3-7-12;/h2,4-5H,3,6-7,13H2,1H3;1H.